The van der Waals surface area contributed by atoms with E-state index in [0.29, 0.717) is 0 Å². The Morgan fingerprint density at radius 2 is 1.22 bits per heavy atom. The Kier molecular flexibility index (Phi) is 4.23. The molecule has 0 aliphatic rings. The predicted molar refractivity (Wildman–Crippen MR) is 153 cm³/mol. The van der Waals surface area contributed by atoms with E-state index in [2.05, 4.69) is 97.1 Å². The molecule has 3 heteroatoms. The molecule has 8 rings (SSSR count). The monoisotopic (exact) mass is 472 g/mol. The molecule has 3 aromatic heterocycles. The van der Waals surface area contributed by atoms with Crippen molar-refractivity contribution in [3.05, 3.63) is 121 Å². The van der Waals surface area contributed by atoms with E-state index in [1.54, 1.807) is 0 Å². The largest absolute Gasteiger partial charge is 0.456 e. The smallest absolute Gasteiger partial charge is 0.136 e. The maximum Gasteiger partial charge on any atom is 0.136 e. The van der Waals surface area contributed by atoms with E-state index in [9.17, 15) is 0 Å². The van der Waals surface area contributed by atoms with Crippen LogP contribution in [0.5, 0.6) is 0 Å². The Bertz CT molecular complexity index is 2150. The molecule has 0 aliphatic carbocycles. The molecule has 0 unspecified atom stereocenters. The Hall–Kier alpha value is -5.02. The summed E-state index contributed by atoms with van der Waals surface area (Å²) in [7, 11) is 0. The van der Waals surface area contributed by atoms with Crippen LogP contribution in [0.1, 0.15) is 0 Å². The van der Waals surface area contributed by atoms with Crippen LogP contribution < -0.4 is 0 Å². The highest BCUT2D eigenvalue weighted by molar-refractivity contribution is 6.18. The average molecular weight is 473 g/mol. The highest BCUT2D eigenvalue weighted by atomic mass is 16.3. The van der Waals surface area contributed by atoms with Crippen LogP contribution in [0, 0.1) is 0 Å². The third-order valence-corrected chi connectivity index (χ3v) is 7.28. The second-order valence-electron chi connectivity index (χ2n) is 9.43. The topological polar surface area (TPSA) is 38.9 Å². The number of fused-ring (bicyclic) bond motifs is 7. The quantitative estimate of drug-likeness (QED) is 0.235. The lowest BCUT2D eigenvalue weighted by Gasteiger charge is -2.12. The van der Waals surface area contributed by atoms with E-state index in [1.165, 1.54) is 10.8 Å². The molecule has 8 aromatic rings. The minimum absolute atomic E-state index is 0.874. The molecule has 0 spiro atoms. The van der Waals surface area contributed by atoms with Gasteiger partial charge < -0.3 is 4.42 Å². The first-order valence-electron chi connectivity index (χ1n) is 12.4. The molecule has 0 amide bonds. The molecule has 172 valence electrons. The van der Waals surface area contributed by atoms with Crippen molar-refractivity contribution in [1.29, 1.82) is 0 Å². The summed E-state index contributed by atoms with van der Waals surface area (Å²) in [5.74, 6) is 0. The van der Waals surface area contributed by atoms with Gasteiger partial charge in [0, 0.05) is 44.3 Å². The van der Waals surface area contributed by atoms with Crippen molar-refractivity contribution < 1.29 is 4.42 Å². The van der Waals surface area contributed by atoms with Crippen LogP contribution in [0.15, 0.2) is 126 Å². The molecular weight excluding hydrogens is 452 g/mol. The third-order valence-electron chi connectivity index (χ3n) is 7.28. The van der Waals surface area contributed by atoms with Crippen molar-refractivity contribution in [2.75, 3.05) is 0 Å². The molecule has 3 heterocycles. The van der Waals surface area contributed by atoms with Crippen molar-refractivity contribution in [2.24, 2.45) is 0 Å². The van der Waals surface area contributed by atoms with Crippen LogP contribution in [0.4, 0.5) is 0 Å². The van der Waals surface area contributed by atoms with Gasteiger partial charge in [-0.15, -0.1) is 0 Å². The summed E-state index contributed by atoms with van der Waals surface area (Å²) in [5.41, 5.74) is 6.80. The number of aromatic nitrogens is 2. The van der Waals surface area contributed by atoms with Gasteiger partial charge in [-0.3, -0.25) is 4.98 Å². The molecule has 0 radical (unpaired) electrons. The predicted octanol–water partition coefficient (Wildman–Crippen LogP) is 9.17. The first-order valence-corrected chi connectivity index (χ1v) is 12.4. The summed E-state index contributed by atoms with van der Waals surface area (Å²) >= 11 is 0. The molecule has 3 nitrogen and oxygen atoms in total. The van der Waals surface area contributed by atoms with Gasteiger partial charge in [-0.1, -0.05) is 78.9 Å². The van der Waals surface area contributed by atoms with E-state index in [1.807, 2.05) is 24.4 Å². The number of furan rings is 1. The molecule has 0 bridgehead atoms. The van der Waals surface area contributed by atoms with Gasteiger partial charge in [0.1, 0.15) is 11.2 Å². The lowest BCUT2D eigenvalue weighted by Crippen LogP contribution is -1.91. The standard InChI is InChI=1S/C34H20N2O/c1-2-11-24-21(8-1)16-17-35-33(24)22-9-7-10-23(18-22)34-29-20-32-28(26-13-4-6-15-31(26)37-32)19-27(29)25-12-3-5-14-30(25)36-34/h1-20H. The number of pyridine rings is 2. The average Bonchev–Trinajstić information content (AvgIpc) is 3.33. The van der Waals surface area contributed by atoms with Gasteiger partial charge in [0.2, 0.25) is 0 Å². The van der Waals surface area contributed by atoms with Crippen molar-refractivity contribution in [1.82, 2.24) is 9.97 Å². The molecule has 0 atom stereocenters. The second-order valence-corrected chi connectivity index (χ2v) is 9.43. The first kappa shape index (κ1) is 20.2. The molecule has 37 heavy (non-hydrogen) atoms. The summed E-state index contributed by atoms with van der Waals surface area (Å²) in [6, 6.07) is 40.0. The maximum atomic E-state index is 6.27. The van der Waals surface area contributed by atoms with E-state index in [0.717, 1.165) is 66.1 Å². The lowest BCUT2D eigenvalue weighted by atomic mass is 9.96. The van der Waals surface area contributed by atoms with Gasteiger partial charge in [0.15, 0.2) is 0 Å². The van der Waals surface area contributed by atoms with Gasteiger partial charge in [-0.05, 0) is 47.2 Å². The van der Waals surface area contributed by atoms with E-state index < -0.39 is 0 Å². The Morgan fingerprint density at radius 3 is 2.14 bits per heavy atom. The zero-order valence-corrected chi connectivity index (χ0v) is 19.8. The Balaban J connectivity index is 1.43. The fraction of sp³-hybridized carbons (Fsp3) is 0. The summed E-state index contributed by atoms with van der Waals surface area (Å²) < 4.78 is 6.27. The number of nitrogens with zero attached hydrogens (tertiary/aromatic N) is 2. The summed E-state index contributed by atoms with van der Waals surface area (Å²) in [4.78, 5) is 9.92. The van der Waals surface area contributed by atoms with Crippen molar-refractivity contribution >= 4 is 54.4 Å². The summed E-state index contributed by atoms with van der Waals surface area (Å²) in [6.07, 6.45) is 1.88. The Morgan fingerprint density at radius 1 is 0.459 bits per heavy atom. The highest BCUT2D eigenvalue weighted by Crippen LogP contribution is 2.39. The molecule has 0 saturated heterocycles. The molecule has 0 aliphatic heterocycles. The van der Waals surface area contributed by atoms with Crippen LogP contribution in [0.3, 0.4) is 0 Å². The number of benzene rings is 5. The SMILES string of the molecule is c1cc(-c2nccc3ccccc23)cc(-c2nc3ccccc3c3cc4c(cc23)oc2ccccc24)c1. The normalized spacial score (nSPS) is 11.8. The Labute approximate surface area is 212 Å². The molecule has 0 N–H and O–H groups in total. The fourth-order valence-electron chi connectivity index (χ4n) is 5.55. The minimum atomic E-state index is 0.874. The number of para-hydroxylation sites is 2. The maximum absolute atomic E-state index is 6.27. The van der Waals surface area contributed by atoms with Crippen molar-refractivity contribution in [2.45, 2.75) is 0 Å². The van der Waals surface area contributed by atoms with Gasteiger partial charge >= 0.3 is 0 Å². The second kappa shape index (κ2) is 7.74. The van der Waals surface area contributed by atoms with E-state index in [-0.39, 0.29) is 0 Å². The molecule has 0 fully saturated rings. The minimum Gasteiger partial charge on any atom is -0.456 e. The zero-order valence-electron chi connectivity index (χ0n) is 19.8. The van der Waals surface area contributed by atoms with Gasteiger partial charge in [-0.25, -0.2) is 4.98 Å². The third kappa shape index (κ3) is 3.08. The van der Waals surface area contributed by atoms with Gasteiger partial charge in [0.05, 0.1) is 16.9 Å². The fourth-order valence-corrected chi connectivity index (χ4v) is 5.55. The first-order chi connectivity index (χ1) is 18.3. The summed E-state index contributed by atoms with van der Waals surface area (Å²) in [5, 5.41) is 7.97. The summed E-state index contributed by atoms with van der Waals surface area (Å²) in [6.45, 7) is 0. The van der Waals surface area contributed by atoms with Crippen molar-refractivity contribution in [3.63, 3.8) is 0 Å². The van der Waals surface area contributed by atoms with Crippen LogP contribution in [-0.2, 0) is 0 Å². The van der Waals surface area contributed by atoms with Crippen molar-refractivity contribution in [3.8, 4) is 22.5 Å². The molecular formula is C34H20N2O. The molecule has 5 aromatic carbocycles. The van der Waals surface area contributed by atoms with Crippen LogP contribution in [0.25, 0.3) is 76.9 Å². The number of hydrogen-bond acceptors (Lipinski definition) is 3. The zero-order chi connectivity index (χ0) is 24.3. The van der Waals surface area contributed by atoms with Gasteiger partial charge in [0.25, 0.3) is 0 Å². The van der Waals surface area contributed by atoms with Crippen LogP contribution in [0.2, 0.25) is 0 Å². The van der Waals surface area contributed by atoms with E-state index >= 15 is 0 Å². The van der Waals surface area contributed by atoms with Crippen LogP contribution in [-0.4, -0.2) is 9.97 Å². The number of rotatable bonds is 2. The van der Waals surface area contributed by atoms with E-state index in [4.69, 9.17) is 14.4 Å². The van der Waals surface area contributed by atoms with Crippen LogP contribution >= 0.6 is 0 Å². The lowest BCUT2D eigenvalue weighted by molar-refractivity contribution is 0.669. The number of hydrogen-bond donors (Lipinski definition) is 0. The highest BCUT2D eigenvalue weighted by Gasteiger charge is 2.16. The molecule has 0 saturated carbocycles. The van der Waals surface area contributed by atoms with Gasteiger partial charge in [-0.2, -0.15) is 0 Å².